The molecular weight excluding hydrogens is 423 g/mol. The Balaban J connectivity index is 1.98. The average molecular weight is 431 g/mol. The van der Waals surface area contributed by atoms with Gasteiger partial charge in [-0.15, -0.1) is 14.0 Å². The molecule has 12 heteroatoms. The fraction of sp³-hybridized carbons (Fsp3) is 0. The highest BCUT2D eigenvalue weighted by Crippen LogP contribution is 2.37. The van der Waals surface area contributed by atoms with E-state index in [1.165, 1.54) is 30.3 Å². The highest BCUT2D eigenvalue weighted by Gasteiger charge is 2.27. The molecule has 0 atom stereocenters. The van der Waals surface area contributed by atoms with Crippen LogP contribution in [0.5, 0.6) is 0 Å². The van der Waals surface area contributed by atoms with E-state index >= 15 is 0 Å². The first kappa shape index (κ1) is 18.5. The predicted octanol–water partition coefficient (Wildman–Crippen LogP) is 4.12. The second-order valence-corrected chi connectivity index (χ2v) is 8.53. The van der Waals surface area contributed by atoms with Gasteiger partial charge in [-0.05, 0) is 18.2 Å². The summed E-state index contributed by atoms with van der Waals surface area (Å²) in [6.07, 6.45) is 0. The lowest BCUT2D eigenvalue weighted by Crippen LogP contribution is -2.21. The first-order valence-corrected chi connectivity index (χ1v) is 9.82. The van der Waals surface area contributed by atoms with Crippen LogP contribution in [0, 0.1) is 10.1 Å². The molecule has 0 unspecified atom stereocenters. The monoisotopic (exact) mass is 430 g/mol. The molecule has 0 amide bonds. The van der Waals surface area contributed by atoms with E-state index in [1.807, 2.05) is 0 Å². The number of nitrogens with zero attached hydrogens (tertiary/aromatic N) is 4. The molecule has 0 saturated heterocycles. The van der Waals surface area contributed by atoms with E-state index in [-0.39, 0.29) is 31.3 Å². The molecule has 2 aromatic carbocycles. The Kier molecular flexibility index (Phi) is 5.10. The van der Waals surface area contributed by atoms with Crippen molar-refractivity contribution in [1.82, 2.24) is 10.2 Å². The molecule has 0 aliphatic carbocycles. The summed E-state index contributed by atoms with van der Waals surface area (Å²) in [5.41, 5.74) is 0.0765. The largest absolute Gasteiger partial charge is 0.280 e. The molecular formula is C14H8Cl2N4O4S2. The number of non-ortho nitro benzene ring substituents is 1. The minimum absolute atomic E-state index is 0.0138. The summed E-state index contributed by atoms with van der Waals surface area (Å²) in [4.78, 5) is 10.3. The Morgan fingerprint density at radius 1 is 1.12 bits per heavy atom. The van der Waals surface area contributed by atoms with Crippen LogP contribution in [0.25, 0.3) is 10.6 Å². The molecule has 26 heavy (non-hydrogen) atoms. The lowest BCUT2D eigenvalue weighted by atomic mass is 10.2. The molecule has 134 valence electrons. The molecule has 1 heterocycles. The number of rotatable bonds is 5. The third-order valence-corrected chi connectivity index (χ3v) is 6.86. The minimum Gasteiger partial charge on any atom is -0.258 e. The molecule has 3 aromatic rings. The van der Waals surface area contributed by atoms with Crippen LogP contribution in [-0.2, 0) is 10.0 Å². The maximum absolute atomic E-state index is 12.5. The van der Waals surface area contributed by atoms with Crippen LogP contribution in [-0.4, -0.2) is 23.5 Å². The van der Waals surface area contributed by atoms with Crippen LogP contribution in [0.3, 0.4) is 0 Å². The van der Waals surface area contributed by atoms with E-state index in [4.69, 9.17) is 23.4 Å². The molecule has 0 aliphatic heterocycles. The highest BCUT2D eigenvalue weighted by molar-refractivity contribution is 7.94. The zero-order chi connectivity index (χ0) is 18.9. The number of hydrogen-bond acceptors (Lipinski definition) is 7. The summed E-state index contributed by atoms with van der Waals surface area (Å²) < 4.78 is 25.5. The predicted molar refractivity (Wildman–Crippen MR) is 99.0 cm³/mol. The highest BCUT2D eigenvalue weighted by atomic mass is 35.5. The molecule has 1 aromatic heterocycles. The zero-order valence-electron chi connectivity index (χ0n) is 12.6. The van der Waals surface area contributed by atoms with Crippen molar-refractivity contribution in [2.75, 3.05) is 3.82 Å². The van der Waals surface area contributed by atoms with E-state index in [0.717, 1.165) is 11.3 Å². The van der Waals surface area contributed by atoms with Crippen molar-refractivity contribution in [2.24, 2.45) is 0 Å². The topological polar surface area (TPSA) is 106 Å². The van der Waals surface area contributed by atoms with Gasteiger partial charge in [0.25, 0.3) is 15.7 Å². The Bertz CT molecular complexity index is 1070. The Morgan fingerprint density at radius 3 is 2.46 bits per heavy atom. The third-order valence-electron chi connectivity index (χ3n) is 3.21. The summed E-state index contributed by atoms with van der Waals surface area (Å²) in [7, 11) is -4.03. The van der Waals surface area contributed by atoms with Crippen LogP contribution in [0.4, 0.5) is 10.8 Å². The van der Waals surface area contributed by atoms with Gasteiger partial charge in [-0.2, -0.15) is 8.42 Å². The smallest absolute Gasteiger partial charge is 0.258 e. The number of nitro groups is 1. The van der Waals surface area contributed by atoms with Gasteiger partial charge in [0, 0.05) is 29.5 Å². The van der Waals surface area contributed by atoms with E-state index in [0.29, 0.717) is 3.82 Å². The van der Waals surface area contributed by atoms with E-state index < -0.39 is 14.9 Å². The Hall–Kier alpha value is -2.27. The van der Waals surface area contributed by atoms with Gasteiger partial charge in [0.1, 0.15) is 0 Å². The molecule has 8 nitrogen and oxygen atoms in total. The first-order valence-electron chi connectivity index (χ1n) is 6.84. The fourth-order valence-corrected chi connectivity index (χ4v) is 4.63. The molecule has 3 rings (SSSR count). The number of benzene rings is 2. The van der Waals surface area contributed by atoms with Crippen molar-refractivity contribution in [3.8, 4) is 10.6 Å². The van der Waals surface area contributed by atoms with Crippen molar-refractivity contribution >= 4 is 55.6 Å². The normalized spacial score (nSPS) is 11.3. The second-order valence-electron chi connectivity index (χ2n) is 4.84. The summed E-state index contributed by atoms with van der Waals surface area (Å²) in [6.45, 7) is 0. The maximum atomic E-state index is 12.5. The Morgan fingerprint density at radius 2 is 1.81 bits per heavy atom. The van der Waals surface area contributed by atoms with Crippen molar-refractivity contribution in [3.63, 3.8) is 0 Å². The van der Waals surface area contributed by atoms with Crippen molar-refractivity contribution < 1.29 is 13.3 Å². The lowest BCUT2D eigenvalue weighted by molar-refractivity contribution is -0.384. The molecule has 0 radical (unpaired) electrons. The summed E-state index contributed by atoms with van der Waals surface area (Å²) in [5, 5.41) is 18.8. The van der Waals surface area contributed by atoms with Gasteiger partial charge in [-0.1, -0.05) is 41.1 Å². The van der Waals surface area contributed by atoms with Gasteiger partial charge < -0.3 is 0 Å². The average Bonchev–Trinajstić information content (AvgIpc) is 3.11. The molecule has 0 fully saturated rings. The van der Waals surface area contributed by atoms with Gasteiger partial charge in [0.05, 0.1) is 14.8 Å². The summed E-state index contributed by atoms with van der Waals surface area (Å²) in [5.74, 6) is 0. The van der Waals surface area contributed by atoms with Crippen LogP contribution in [0.1, 0.15) is 0 Å². The number of hydrogen-bond donors (Lipinski definition) is 0. The molecule has 0 spiro atoms. The summed E-state index contributed by atoms with van der Waals surface area (Å²) >= 11 is 12.9. The fourth-order valence-electron chi connectivity index (χ4n) is 1.97. The van der Waals surface area contributed by atoms with Crippen molar-refractivity contribution in [3.05, 3.63) is 63.7 Å². The van der Waals surface area contributed by atoms with Crippen molar-refractivity contribution in [1.29, 1.82) is 0 Å². The SMILES string of the molecule is O=[N+]([O-])c1ccc(Cl)c(-c2nnc(N(Cl)S(=O)(=O)c3ccccc3)s2)c1. The van der Waals surface area contributed by atoms with Gasteiger partial charge in [-0.25, -0.2) is 0 Å². The van der Waals surface area contributed by atoms with E-state index in [1.54, 1.807) is 18.2 Å². The van der Waals surface area contributed by atoms with Crippen LogP contribution >= 0.6 is 34.7 Å². The second kappa shape index (κ2) is 7.16. The maximum Gasteiger partial charge on any atom is 0.280 e. The molecule has 0 saturated carbocycles. The number of sulfonamides is 1. The lowest BCUT2D eigenvalue weighted by Gasteiger charge is -2.11. The summed E-state index contributed by atoms with van der Waals surface area (Å²) in [6, 6.07) is 11.4. The molecule has 0 aliphatic rings. The van der Waals surface area contributed by atoms with Gasteiger partial charge in [0.2, 0.25) is 5.13 Å². The number of anilines is 1. The van der Waals surface area contributed by atoms with Crippen molar-refractivity contribution in [2.45, 2.75) is 4.90 Å². The molecule has 0 bridgehead atoms. The van der Waals surface area contributed by atoms with Gasteiger partial charge in [0.15, 0.2) is 5.01 Å². The number of nitro benzene ring substituents is 1. The zero-order valence-corrected chi connectivity index (χ0v) is 15.8. The van der Waals surface area contributed by atoms with E-state index in [9.17, 15) is 18.5 Å². The number of aromatic nitrogens is 2. The molecule has 0 N–H and O–H groups in total. The minimum atomic E-state index is -4.03. The van der Waals surface area contributed by atoms with Crippen LogP contribution < -0.4 is 3.82 Å². The third kappa shape index (κ3) is 3.49. The van der Waals surface area contributed by atoms with Gasteiger partial charge >= 0.3 is 0 Å². The van der Waals surface area contributed by atoms with Crippen LogP contribution in [0.2, 0.25) is 5.02 Å². The van der Waals surface area contributed by atoms with E-state index in [2.05, 4.69) is 10.2 Å². The van der Waals surface area contributed by atoms with Crippen LogP contribution in [0.15, 0.2) is 53.4 Å². The number of halogens is 2. The Labute approximate surface area is 161 Å². The standard InChI is InChI=1S/C14H8Cl2N4O4S2/c15-12-7-6-9(20(21)22)8-11(12)13-17-18-14(25-13)19(16)26(23,24)10-4-2-1-3-5-10/h1-8H. The first-order chi connectivity index (χ1) is 12.3. The van der Waals surface area contributed by atoms with Gasteiger partial charge in [-0.3, -0.25) is 10.1 Å². The quantitative estimate of drug-likeness (QED) is 0.342.